The second kappa shape index (κ2) is 8.59. The minimum Gasteiger partial charge on any atom is -0.339 e. The number of carbonyl (C=O) groups is 1. The van der Waals surface area contributed by atoms with E-state index in [2.05, 4.69) is 28.9 Å². The molecule has 0 N–H and O–H groups in total. The third-order valence-corrected chi connectivity index (χ3v) is 5.60. The van der Waals surface area contributed by atoms with E-state index in [4.69, 9.17) is 4.98 Å². The van der Waals surface area contributed by atoms with Crippen molar-refractivity contribution >= 4 is 11.9 Å². The number of nitrogens with zero attached hydrogens (tertiary/aromatic N) is 5. The van der Waals surface area contributed by atoms with Gasteiger partial charge in [-0.1, -0.05) is 33.1 Å². The maximum absolute atomic E-state index is 12.6. The smallest absolute Gasteiger partial charge is 0.245 e. The summed E-state index contributed by atoms with van der Waals surface area (Å²) in [7, 11) is 0. The first-order chi connectivity index (χ1) is 12.2. The highest BCUT2D eigenvalue weighted by Crippen LogP contribution is 2.27. The van der Waals surface area contributed by atoms with E-state index in [0.717, 1.165) is 56.8 Å². The maximum atomic E-state index is 12.6. The van der Waals surface area contributed by atoms with Crippen LogP contribution in [0.4, 0.5) is 5.95 Å². The molecule has 1 saturated carbocycles. The predicted octanol–water partition coefficient (Wildman–Crippen LogP) is 2.62. The van der Waals surface area contributed by atoms with Crippen molar-refractivity contribution in [3.63, 3.8) is 0 Å². The Labute approximate surface area is 151 Å². The van der Waals surface area contributed by atoms with Crippen LogP contribution in [0.2, 0.25) is 0 Å². The Kier molecular flexibility index (Phi) is 6.21. The van der Waals surface area contributed by atoms with Gasteiger partial charge in [-0.05, 0) is 31.6 Å². The van der Waals surface area contributed by atoms with E-state index in [-0.39, 0.29) is 0 Å². The topological polar surface area (TPSA) is 62.2 Å². The van der Waals surface area contributed by atoms with E-state index in [0.29, 0.717) is 17.8 Å². The normalized spacial score (nSPS) is 19.3. The van der Waals surface area contributed by atoms with Crippen LogP contribution < -0.4 is 4.90 Å². The van der Waals surface area contributed by atoms with Gasteiger partial charge in [0.25, 0.3) is 0 Å². The first kappa shape index (κ1) is 18.1. The van der Waals surface area contributed by atoms with Gasteiger partial charge in [-0.3, -0.25) is 4.79 Å². The van der Waals surface area contributed by atoms with Gasteiger partial charge in [-0.15, -0.1) is 5.10 Å². The van der Waals surface area contributed by atoms with Crippen LogP contribution >= 0.6 is 0 Å². The Hall–Kier alpha value is -1.72. The van der Waals surface area contributed by atoms with Gasteiger partial charge in [0.15, 0.2) is 0 Å². The molecular formula is C19H31N5O. The number of rotatable bonds is 5. The van der Waals surface area contributed by atoms with Crippen molar-refractivity contribution in [3.05, 3.63) is 11.4 Å². The molecule has 1 amide bonds. The van der Waals surface area contributed by atoms with Crippen molar-refractivity contribution in [2.75, 3.05) is 31.1 Å². The number of hydrogen-bond donors (Lipinski definition) is 0. The lowest BCUT2D eigenvalue weighted by Crippen LogP contribution is -2.49. The van der Waals surface area contributed by atoms with Crippen molar-refractivity contribution < 1.29 is 4.79 Å². The highest BCUT2D eigenvalue weighted by atomic mass is 16.2. The number of hydrogen-bond acceptors (Lipinski definition) is 5. The molecule has 0 unspecified atom stereocenters. The molecule has 3 rings (SSSR count). The molecule has 1 aliphatic heterocycles. The summed E-state index contributed by atoms with van der Waals surface area (Å²) >= 11 is 0. The van der Waals surface area contributed by atoms with Crippen LogP contribution in [0, 0.1) is 5.92 Å². The first-order valence-corrected chi connectivity index (χ1v) is 9.96. The van der Waals surface area contributed by atoms with Crippen LogP contribution in [0.3, 0.4) is 0 Å². The molecule has 2 aliphatic rings. The molecule has 25 heavy (non-hydrogen) atoms. The summed E-state index contributed by atoms with van der Waals surface area (Å²) < 4.78 is 0. The number of amides is 1. The fourth-order valence-corrected chi connectivity index (χ4v) is 3.99. The summed E-state index contributed by atoms with van der Waals surface area (Å²) in [6.45, 7) is 7.33. The van der Waals surface area contributed by atoms with Crippen molar-refractivity contribution in [1.29, 1.82) is 0 Å². The fourth-order valence-electron chi connectivity index (χ4n) is 3.99. The fraction of sp³-hybridized carbons (Fsp3) is 0.789. The molecule has 1 aromatic rings. The van der Waals surface area contributed by atoms with Gasteiger partial charge in [0, 0.05) is 32.6 Å². The quantitative estimate of drug-likeness (QED) is 0.821. The highest BCUT2D eigenvalue weighted by Gasteiger charge is 2.25. The van der Waals surface area contributed by atoms with Crippen LogP contribution in [0.25, 0.3) is 0 Å². The van der Waals surface area contributed by atoms with Crippen molar-refractivity contribution in [2.24, 2.45) is 5.92 Å². The molecule has 1 saturated heterocycles. The minimum absolute atomic E-state index is 0.334. The third-order valence-electron chi connectivity index (χ3n) is 5.60. The van der Waals surface area contributed by atoms with E-state index in [9.17, 15) is 4.79 Å². The first-order valence-electron chi connectivity index (χ1n) is 9.96. The summed E-state index contributed by atoms with van der Waals surface area (Å²) in [4.78, 5) is 21.4. The van der Waals surface area contributed by atoms with Gasteiger partial charge in [-0.25, -0.2) is 4.98 Å². The minimum atomic E-state index is 0.334. The number of aromatic nitrogens is 3. The standard InChI is InChI=1S/C19H31N5O/c1-3-16-17(4-2)21-22-19(20-16)24-12-10-23(11-13-24)18(25)14-15-8-6-5-7-9-15/h15H,3-14H2,1-2H3. The molecule has 1 aliphatic carbocycles. The Balaban J connectivity index is 1.53. The lowest BCUT2D eigenvalue weighted by atomic mass is 9.86. The highest BCUT2D eigenvalue weighted by molar-refractivity contribution is 5.76. The maximum Gasteiger partial charge on any atom is 0.245 e. The van der Waals surface area contributed by atoms with E-state index in [1.54, 1.807) is 0 Å². The van der Waals surface area contributed by atoms with Crippen molar-refractivity contribution in [2.45, 2.75) is 65.2 Å². The summed E-state index contributed by atoms with van der Waals surface area (Å²) in [6, 6.07) is 0. The molecular weight excluding hydrogens is 314 g/mol. The lowest BCUT2D eigenvalue weighted by molar-refractivity contribution is -0.132. The number of anilines is 1. The average molecular weight is 345 g/mol. The van der Waals surface area contributed by atoms with Crippen molar-refractivity contribution in [1.82, 2.24) is 20.1 Å². The number of piperazine rings is 1. The van der Waals surface area contributed by atoms with Gasteiger partial charge in [0.05, 0.1) is 11.4 Å². The predicted molar refractivity (Wildman–Crippen MR) is 98.6 cm³/mol. The molecule has 2 heterocycles. The van der Waals surface area contributed by atoms with Crippen molar-refractivity contribution in [3.8, 4) is 0 Å². The molecule has 6 nitrogen and oxygen atoms in total. The molecule has 0 spiro atoms. The monoisotopic (exact) mass is 345 g/mol. The average Bonchev–Trinajstić information content (AvgIpc) is 2.68. The summed E-state index contributed by atoms with van der Waals surface area (Å²) in [5, 5.41) is 8.65. The number of carbonyl (C=O) groups excluding carboxylic acids is 1. The zero-order valence-corrected chi connectivity index (χ0v) is 15.7. The molecule has 2 fully saturated rings. The molecule has 0 bridgehead atoms. The van der Waals surface area contributed by atoms with E-state index >= 15 is 0 Å². The molecule has 1 aromatic heterocycles. The van der Waals surface area contributed by atoms with Gasteiger partial charge in [0.1, 0.15) is 0 Å². The summed E-state index contributed by atoms with van der Waals surface area (Å²) in [6.07, 6.45) is 8.88. The number of aryl methyl sites for hydroxylation is 2. The summed E-state index contributed by atoms with van der Waals surface area (Å²) in [5.74, 6) is 1.66. The lowest BCUT2D eigenvalue weighted by Gasteiger charge is -2.35. The second-order valence-electron chi connectivity index (χ2n) is 7.29. The Morgan fingerprint density at radius 3 is 2.28 bits per heavy atom. The Bertz CT molecular complexity index is 577. The zero-order chi connectivity index (χ0) is 17.6. The Morgan fingerprint density at radius 2 is 1.64 bits per heavy atom. The molecule has 6 heteroatoms. The molecule has 0 aromatic carbocycles. The van der Waals surface area contributed by atoms with Crippen LogP contribution in [-0.4, -0.2) is 52.2 Å². The zero-order valence-electron chi connectivity index (χ0n) is 15.7. The second-order valence-corrected chi connectivity index (χ2v) is 7.29. The van der Waals surface area contributed by atoms with Gasteiger partial charge < -0.3 is 9.80 Å². The van der Waals surface area contributed by atoms with E-state index in [1.165, 1.54) is 32.1 Å². The van der Waals surface area contributed by atoms with Crippen LogP contribution in [0.1, 0.15) is 63.8 Å². The van der Waals surface area contributed by atoms with E-state index < -0.39 is 0 Å². The SMILES string of the molecule is CCc1nnc(N2CCN(C(=O)CC3CCCCC3)CC2)nc1CC. The molecule has 0 radical (unpaired) electrons. The van der Waals surface area contributed by atoms with Gasteiger partial charge in [0.2, 0.25) is 11.9 Å². The van der Waals surface area contributed by atoms with Gasteiger partial charge >= 0.3 is 0 Å². The van der Waals surface area contributed by atoms with Gasteiger partial charge in [-0.2, -0.15) is 5.10 Å². The molecule has 138 valence electrons. The van der Waals surface area contributed by atoms with E-state index in [1.807, 2.05) is 4.90 Å². The van der Waals surface area contributed by atoms with Crippen LogP contribution in [0.15, 0.2) is 0 Å². The largest absolute Gasteiger partial charge is 0.339 e. The van der Waals surface area contributed by atoms with Crippen LogP contribution in [-0.2, 0) is 17.6 Å². The molecule has 0 atom stereocenters. The Morgan fingerprint density at radius 1 is 0.960 bits per heavy atom. The van der Waals surface area contributed by atoms with Crippen LogP contribution in [0.5, 0.6) is 0 Å². The third kappa shape index (κ3) is 4.47. The summed E-state index contributed by atoms with van der Waals surface area (Å²) in [5.41, 5.74) is 2.04.